The summed E-state index contributed by atoms with van der Waals surface area (Å²) in [6.07, 6.45) is 1.74. The highest BCUT2D eigenvalue weighted by Crippen LogP contribution is 2.20. The van der Waals surface area contributed by atoms with Crippen molar-refractivity contribution in [2.24, 2.45) is 0 Å². The highest BCUT2D eigenvalue weighted by Gasteiger charge is 2.11. The van der Waals surface area contributed by atoms with Gasteiger partial charge in [-0.05, 0) is 42.5 Å². The van der Waals surface area contributed by atoms with Crippen LogP contribution in [0.1, 0.15) is 23.3 Å². The van der Waals surface area contributed by atoms with Gasteiger partial charge in [0.25, 0.3) is 5.91 Å². The molecule has 7 heteroatoms. The fourth-order valence-electron chi connectivity index (χ4n) is 1.98. The first-order valence-corrected chi connectivity index (χ1v) is 8.52. The molecule has 1 N–H and O–H groups in total. The Morgan fingerprint density at radius 3 is 2.88 bits per heavy atom. The third kappa shape index (κ3) is 5.69. The number of aryl methyl sites for hydroxylation is 1. The van der Waals surface area contributed by atoms with Crippen molar-refractivity contribution in [3.63, 3.8) is 0 Å². The summed E-state index contributed by atoms with van der Waals surface area (Å²) in [5.41, 5.74) is 0.582. The van der Waals surface area contributed by atoms with E-state index in [0.717, 1.165) is 6.42 Å². The van der Waals surface area contributed by atoms with Crippen LogP contribution in [0.25, 0.3) is 0 Å². The van der Waals surface area contributed by atoms with Crippen molar-refractivity contribution in [3.05, 3.63) is 51.2 Å². The van der Waals surface area contributed by atoms with E-state index in [0.29, 0.717) is 17.1 Å². The number of hydrogen-bond acceptors (Lipinski definition) is 5. The Morgan fingerprint density at radius 1 is 1.33 bits per heavy atom. The number of esters is 1. The molecule has 1 aromatic heterocycles. The summed E-state index contributed by atoms with van der Waals surface area (Å²) in [4.78, 5) is 24.7. The first kappa shape index (κ1) is 18.0. The summed E-state index contributed by atoms with van der Waals surface area (Å²) < 4.78 is 4.94. The van der Waals surface area contributed by atoms with Crippen molar-refractivity contribution >= 4 is 40.5 Å². The van der Waals surface area contributed by atoms with Crippen LogP contribution in [0.4, 0.5) is 5.69 Å². The first-order valence-electron chi connectivity index (χ1n) is 7.26. The lowest BCUT2D eigenvalue weighted by molar-refractivity contribution is -0.147. The molecule has 2 rings (SSSR count). The Labute approximate surface area is 148 Å². The minimum Gasteiger partial charge on any atom is -0.456 e. The predicted molar refractivity (Wildman–Crippen MR) is 93.0 cm³/mol. The number of benzene rings is 1. The molecule has 0 unspecified atom stereocenters. The van der Waals surface area contributed by atoms with Gasteiger partial charge in [-0.15, -0.1) is 11.3 Å². The Kier molecular flexibility index (Phi) is 6.79. The topological polar surface area (TPSA) is 79.2 Å². The second-order valence-electron chi connectivity index (χ2n) is 4.94. The largest absolute Gasteiger partial charge is 0.456 e. The molecule has 1 aromatic carbocycles. The van der Waals surface area contributed by atoms with Gasteiger partial charge in [-0.3, -0.25) is 9.59 Å². The molecule has 0 saturated carbocycles. The van der Waals surface area contributed by atoms with Crippen LogP contribution in [-0.4, -0.2) is 18.5 Å². The van der Waals surface area contributed by atoms with Crippen LogP contribution in [0.5, 0.6) is 0 Å². The minimum absolute atomic E-state index is 0.256. The second kappa shape index (κ2) is 9.06. The standard InChI is InChI=1S/C17H15ClN2O3S/c18-13-7-6-12(10-19)15(9-13)20-16(21)11-23-17(22)5-1-3-14-4-2-8-24-14/h2,4,6-9H,1,3,5,11H2,(H,20,21). The molecule has 0 spiro atoms. The highest BCUT2D eigenvalue weighted by atomic mass is 35.5. The quantitative estimate of drug-likeness (QED) is 0.760. The lowest BCUT2D eigenvalue weighted by Gasteiger charge is -2.08. The molecule has 1 amide bonds. The molecular weight excluding hydrogens is 348 g/mol. The lowest BCUT2D eigenvalue weighted by atomic mass is 10.2. The zero-order valence-corrected chi connectivity index (χ0v) is 14.3. The molecule has 0 radical (unpaired) electrons. The number of nitriles is 1. The van der Waals surface area contributed by atoms with Gasteiger partial charge in [0.2, 0.25) is 0 Å². The maximum atomic E-state index is 11.8. The molecular formula is C17H15ClN2O3S. The van der Waals surface area contributed by atoms with Crippen LogP contribution in [-0.2, 0) is 20.7 Å². The highest BCUT2D eigenvalue weighted by molar-refractivity contribution is 7.09. The number of halogens is 1. The first-order chi connectivity index (χ1) is 11.6. The fourth-order valence-corrected chi connectivity index (χ4v) is 2.91. The summed E-state index contributed by atoms with van der Waals surface area (Å²) in [6.45, 7) is -0.394. The molecule has 24 heavy (non-hydrogen) atoms. The summed E-state index contributed by atoms with van der Waals surface area (Å²) in [5, 5.41) is 13.9. The Hall–Kier alpha value is -2.36. The average Bonchev–Trinajstić information content (AvgIpc) is 3.06. The zero-order valence-electron chi connectivity index (χ0n) is 12.8. The maximum absolute atomic E-state index is 11.8. The lowest BCUT2D eigenvalue weighted by Crippen LogP contribution is -2.21. The van der Waals surface area contributed by atoms with Crippen LogP contribution < -0.4 is 5.32 Å². The Balaban J connectivity index is 1.73. The number of carbonyl (C=O) groups is 2. The molecule has 0 saturated heterocycles. The van der Waals surface area contributed by atoms with Crippen LogP contribution in [0.15, 0.2) is 35.7 Å². The van der Waals surface area contributed by atoms with Crippen molar-refractivity contribution in [2.75, 3.05) is 11.9 Å². The number of thiophene rings is 1. The van der Waals surface area contributed by atoms with Crippen molar-refractivity contribution in [3.8, 4) is 6.07 Å². The number of anilines is 1. The number of nitrogens with one attached hydrogen (secondary N) is 1. The van der Waals surface area contributed by atoms with Gasteiger partial charge >= 0.3 is 5.97 Å². The van der Waals surface area contributed by atoms with E-state index in [1.54, 1.807) is 17.4 Å². The zero-order chi connectivity index (χ0) is 17.4. The minimum atomic E-state index is -0.514. The number of carbonyl (C=O) groups excluding carboxylic acids is 2. The van der Waals surface area contributed by atoms with Gasteiger partial charge in [0.05, 0.1) is 11.3 Å². The van der Waals surface area contributed by atoms with Crippen molar-refractivity contribution in [1.29, 1.82) is 5.26 Å². The molecule has 0 atom stereocenters. The van der Waals surface area contributed by atoms with Gasteiger partial charge in [0, 0.05) is 16.3 Å². The SMILES string of the molecule is N#Cc1ccc(Cl)cc1NC(=O)COC(=O)CCCc1cccs1. The number of hydrogen-bond donors (Lipinski definition) is 1. The second-order valence-corrected chi connectivity index (χ2v) is 6.41. The smallest absolute Gasteiger partial charge is 0.306 e. The third-order valence-corrected chi connectivity index (χ3v) is 4.30. The third-order valence-electron chi connectivity index (χ3n) is 3.12. The predicted octanol–water partition coefficient (Wildman–Crippen LogP) is 3.78. The van der Waals surface area contributed by atoms with E-state index < -0.39 is 18.5 Å². The van der Waals surface area contributed by atoms with Gasteiger partial charge < -0.3 is 10.1 Å². The van der Waals surface area contributed by atoms with E-state index in [9.17, 15) is 9.59 Å². The molecule has 1 heterocycles. The van der Waals surface area contributed by atoms with Crippen LogP contribution in [0.3, 0.4) is 0 Å². The van der Waals surface area contributed by atoms with Crippen LogP contribution >= 0.6 is 22.9 Å². The van der Waals surface area contributed by atoms with Gasteiger partial charge in [0.1, 0.15) is 6.07 Å². The molecule has 0 aliphatic rings. The van der Waals surface area contributed by atoms with Gasteiger partial charge in [0.15, 0.2) is 6.61 Å². The molecule has 124 valence electrons. The van der Waals surface area contributed by atoms with E-state index in [2.05, 4.69) is 5.32 Å². The van der Waals surface area contributed by atoms with Gasteiger partial charge in [-0.2, -0.15) is 5.26 Å². The fraction of sp³-hybridized carbons (Fsp3) is 0.235. The Morgan fingerprint density at radius 2 is 2.17 bits per heavy atom. The molecule has 2 aromatic rings. The summed E-state index contributed by atoms with van der Waals surface area (Å²) in [7, 11) is 0. The van der Waals surface area contributed by atoms with E-state index >= 15 is 0 Å². The molecule has 0 aliphatic heterocycles. The molecule has 0 aliphatic carbocycles. The van der Waals surface area contributed by atoms with Crippen LogP contribution in [0.2, 0.25) is 5.02 Å². The van der Waals surface area contributed by atoms with E-state index in [1.807, 2.05) is 23.6 Å². The maximum Gasteiger partial charge on any atom is 0.306 e. The number of rotatable bonds is 7. The normalized spacial score (nSPS) is 10.0. The summed E-state index contributed by atoms with van der Waals surface area (Å²) in [6, 6.07) is 10.5. The van der Waals surface area contributed by atoms with Crippen LogP contribution in [0, 0.1) is 11.3 Å². The monoisotopic (exact) mass is 362 g/mol. The van der Waals surface area contributed by atoms with Crippen molar-refractivity contribution in [2.45, 2.75) is 19.3 Å². The molecule has 0 fully saturated rings. The van der Waals surface area contributed by atoms with E-state index in [1.165, 1.54) is 17.0 Å². The number of nitrogens with zero attached hydrogens (tertiary/aromatic N) is 1. The number of amides is 1. The molecule has 5 nitrogen and oxygen atoms in total. The summed E-state index contributed by atoms with van der Waals surface area (Å²) >= 11 is 7.48. The van der Waals surface area contributed by atoms with Crippen molar-refractivity contribution in [1.82, 2.24) is 0 Å². The van der Waals surface area contributed by atoms with Crippen molar-refractivity contribution < 1.29 is 14.3 Å². The van der Waals surface area contributed by atoms with E-state index in [4.69, 9.17) is 21.6 Å². The molecule has 0 bridgehead atoms. The number of ether oxygens (including phenoxy) is 1. The Bertz CT molecular complexity index is 754. The van der Waals surface area contributed by atoms with Gasteiger partial charge in [-0.25, -0.2) is 0 Å². The summed E-state index contributed by atoms with van der Waals surface area (Å²) in [5.74, 6) is -0.936. The van der Waals surface area contributed by atoms with Gasteiger partial charge in [-0.1, -0.05) is 17.7 Å². The average molecular weight is 363 g/mol. The van der Waals surface area contributed by atoms with E-state index in [-0.39, 0.29) is 12.0 Å².